The van der Waals surface area contributed by atoms with Gasteiger partial charge in [-0.15, -0.1) is 0 Å². The minimum absolute atomic E-state index is 0.244. The van der Waals surface area contributed by atoms with Gasteiger partial charge in [-0.1, -0.05) is 37.8 Å². The summed E-state index contributed by atoms with van der Waals surface area (Å²) in [5.41, 5.74) is 5.66. The van der Waals surface area contributed by atoms with Crippen LogP contribution in [0.25, 0.3) is 0 Å². The van der Waals surface area contributed by atoms with Crippen LogP contribution in [-0.4, -0.2) is 23.1 Å². The minimum atomic E-state index is 0.244. The molecule has 1 aromatic heterocycles. The van der Waals surface area contributed by atoms with Crippen molar-refractivity contribution in [3.05, 3.63) is 11.2 Å². The van der Waals surface area contributed by atoms with Crippen LogP contribution in [0.1, 0.15) is 39.0 Å². The Morgan fingerprint density at radius 2 is 2.11 bits per heavy atom. The molecule has 0 spiro atoms. The Hall–Kier alpha value is -1.03. The molecule has 2 atom stereocenters. The number of anilines is 2. The molecule has 1 heterocycles. The van der Waals surface area contributed by atoms with Crippen molar-refractivity contribution in [1.82, 2.24) is 9.97 Å². The Morgan fingerprint density at radius 3 is 2.78 bits per heavy atom. The average Bonchev–Trinajstić information content (AvgIpc) is 2.36. The summed E-state index contributed by atoms with van der Waals surface area (Å²) in [5.74, 6) is 1.81. The van der Waals surface area contributed by atoms with E-state index in [-0.39, 0.29) is 5.95 Å². The van der Waals surface area contributed by atoms with E-state index in [0.29, 0.717) is 11.2 Å². The zero-order chi connectivity index (χ0) is 13.1. The summed E-state index contributed by atoms with van der Waals surface area (Å²) in [6, 6.07) is 2.33. The van der Waals surface area contributed by atoms with Crippen molar-refractivity contribution >= 4 is 23.4 Å². The fourth-order valence-corrected chi connectivity index (χ4v) is 3.13. The first kappa shape index (κ1) is 13.4. The van der Waals surface area contributed by atoms with Gasteiger partial charge in [-0.2, -0.15) is 4.98 Å². The lowest BCUT2D eigenvalue weighted by molar-refractivity contribution is 0.291. The minimum Gasteiger partial charge on any atom is -0.368 e. The van der Waals surface area contributed by atoms with E-state index < -0.39 is 0 Å². The molecule has 0 aromatic carbocycles. The molecule has 1 saturated carbocycles. The fourth-order valence-electron chi connectivity index (χ4n) is 2.95. The summed E-state index contributed by atoms with van der Waals surface area (Å²) in [6.07, 6.45) is 6.37. The van der Waals surface area contributed by atoms with Gasteiger partial charge in [-0.05, 0) is 18.8 Å². The first-order valence-electron chi connectivity index (χ1n) is 6.64. The van der Waals surface area contributed by atoms with E-state index in [4.69, 9.17) is 17.3 Å². The Balaban J connectivity index is 2.20. The van der Waals surface area contributed by atoms with Crippen molar-refractivity contribution in [3.8, 4) is 0 Å². The number of nitrogens with zero attached hydrogens (tertiary/aromatic N) is 3. The molecule has 1 aromatic rings. The Morgan fingerprint density at radius 1 is 1.39 bits per heavy atom. The summed E-state index contributed by atoms with van der Waals surface area (Å²) >= 11 is 5.95. The lowest BCUT2D eigenvalue weighted by atomic mass is 9.82. The maximum absolute atomic E-state index is 5.95. The second kappa shape index (κ2) is 5.74. The maximum atomic E-state index is 5.95. The molecule has 0 aliphatic heterocycles. The molecule has 2 rings (SSSR count). The standard InChI is InChI=1S/C13H21ClN4/c1-3-9-6-4-5-7-10(9)18(2)12-8-11(14)16-13(15)17-12/h8-10H,3-7H2,1-2H3,(H2,15,16,17)/t9-,10+/m0/s1. The summed E-state index contributed by atoms with van der Waals surface area (Å²) in [5, 5.41) is 0.410. The van der Waals surface area contributed by atoms with Gasteiger partial charge in [-0.25, -0.2) is 4.98 Å². The predicted molar refractivity (Wildman–Crippen MR) is 75.9 cm³/mol. The van der Waals surface area contributed by atoms with Crippen LogP contribution in [-0.2, 0) is 0 Å². The van der Waals surface area contributed by atoms with Crippen LogP contribution in [0, 0.1) is 5.92 Å². The third-order valence-electron chi connectivity index (χ3n) is 3.95. The van der Waals surface area contributed by atoms with Crippen molar-refractivity contribution in [2.24, 2.45) is 5.92 Å². The van der Waals surface area contributed by atoms with Crippen LogP contribution in [0.3, 0.4) is 0 Å². The molecule has 0 bridgehead atoms. The van der Waals surface area contributed by atoms with Gasteiger partial charge in [-0.3, -0.25) is 0 Å². The van der Waals surface area contributed by atoms with Gasteiger partial charge >= 0.3 is 0 Å². The van der Waals surface area contributed by atoms with Crippen LogP contribution >= 0.6 is 11.6 Å². The van der Waals surface area contributed by atoms with Gasteiger partial charge in [0.25, 0.3) is 0 Å². The van der Waals surface area contributed by atoms with E-state index in [1.807, 2.05) is 0 Å². The lowest BCUT2D eigenvalue weighted by Gasteiger charge is -2.38. The molecule has 2 N–H and O–H groups in total. The van der Waals surface area contributed by atoms with Gasteiger partial charge in [0.1, 0.15) is 11.0 Å². The van der Waals surface area contributed by atoms with Crippen molar-refractivity contribution in [2.45, 2.75) is 45.1 Å². The normalized spacial score (nSPS) is 23.9. The molecule has 100 valence electrons. The highest BCUT2D eigenvalue weighted by Gasteiger charge is 2.28. The van der Waals surface area contributed by atoms with E-state index >= 15 is 0 Å². The highest BCUT2D eigenvalue weighted by Crippen LogP contribution is 2.32. The third-order valence-corrected chi connectivity index (χ3v) is 4.14. The summed E-state index contributed by atoms with van der Waals surface area (Å²) < 4.78 is 0. The Bertz CT molecular complexity index is 390. The Kier molecular flexibility index (Phi) is 4.27. The number of nitrogen functional groups attached to an aromatic ring is 1. The molecule has 18 heavy (non-hydrogen) atoms. The first-order chi connectivity index (χ1) is 8.61. The van der Waals surface area contributed by atoms with Crippen molar-refractivity contribution in [1.29, 1.82) is 0 Å². The number of rotatable bonds is 3. The average molecular weight is 269 g/mol. The van der Waals surface area contributed by atoms with Gasteiger partial charge < -0.3 is 10.6 Å². The smallest absolute Gasteiger partial charge is 0.223 e. The van der Waals surface area contributed by atoms with Crippen LogP contribution in [0.5, 0.6) is 0 Å². The molecule has 0 saturated heterocycles. The number of hydrogen-bond acceptors (Lipinski definition) is 4. The van der Waals surface area contributed by atoms with Gasteiger partial charge in [0.05, 0.1) is 0 Å². The largest absolute Gasteiger partial charge is 0.368 e. The summed E-state index contributed by atoms with van der Waals surface area (Å²) in [7, 11) is 2.08. The fraction of sp³-hybridized carbons (Fsp3) is 0.692. The second-order valence-corrected chi connectivity index (χ2v) is 5.43. The zero-order valence-corrected chi connectivity index (χ0v) is 11.8. The quantitative estimate of drug-likeness (QED) is 0.856. The molecule has 0 radical (unpaired) electrons. The number of aromatic nitrogens is 2. The highest BCUT2D eigenvalue weighted by molar-refractivity contribution is 6.29. The lowest BCUT2D eigenvalue weighted by Crippen LogP contribution is -2.40. The molecular weight excluding hydrogens is 248 g/mol. The molecule has 0 unspecified atom stereocenters. The number of halogens is 1. The van der Waals surface area contributed by atoms with E-state index in [0.717, 1.165) is 11.7 Å². The first-order valence-corrected chi connectivity index (χ1v) is 7.02. The van der Waals surface area contributed by atoms with Crippen LogP contribution in [0.15, 0.2) is 6.07 Å². The molecule has 1 aliphatic carbocycles. The van der Waals surface area contributed by atoms with E-state index in [1.54, 1.807) is 6.07 Å². The Labute approximate surface area is 114 Å². The van der Waals surface area contributed by atoms with Crippen LogP contribution in [0.4, 0.5) is 11.8 Å². The molecule has 4 nitrogen and oxygen atoms in total. The summed E-state index contributed by atoms with van der Waals surface area (Å²) in [4.78, 5) is 10.4. The van der Waals surface area contributed by atoms with Crippen molar-refractivity contribution in [3.63, 3.8) is 0 Å². The highest BCUT2D eigenvalue weighted by atomic mass is 35.5. The van der Waals surface area contributed by atoms with E-state index in [9.17, 15) is 0 Å². The molecule has 1 aliphatic rings. The van der Waals surface area contributed by atoms with Crippen LogP contribution < -0.4 is 10.6 Å². The third kappa shape index (κ3) is 2.86. The van der Waals surface area contributed by atoms with Gasteiger partial charge in [0.15, 0.2) is 0 Å². The molecule has 0 amide bonds. The van der Waals surface area contributed by atoms with Gasteiger partial charge in [0.2, 0.25) is 5.95 Å². The molecule has 1 fully saturated rings. The maximum Gasteiger partial charge on any atom is 0.223 e. The predicted octanol–water partition coefficient (Wildman–Crippen LogP) is 3.12. The topological polar surface area (TPSA) is 55.0 Å². The van der Waals surface area contributed by atoms with E-state index in [1.165, 1.54) is 32.1 Å². The monoisotopic (exact) mass is 268 g/mol. The SMILES string of the molecule is CC[C@H]1CCCC[C@H]1N(C)c1cc(Cl)nc(N)n1. The molecular formula is C13H21ClN4. The van der Waals surface area contributed by atoms with Crippen molar-refractivity contribution in [2.75, 3.05) is 17.7 Å². The zero-order valence-electron chi connectivity index (χ0n) is 11.1. The second-order valence-electron chi connectivity index (χ2n) is 5.04. The van der Waals surface area contributed by atoms with Gasteiger partial charge in [0, 0.05) is 19.2 Å². The van der Waals surface area contributed by atoms with Crippen LogP contribution in [0.2, 0.25) is 5.15 Å². The number of hydrogen-bond donors (Lipinski definition) is 1. The summed E-state index contributed by atoms with van der Waals surface area (Å²) in [6.45, 7) is 2.26. The van der Waals surface area contributed by atoms with Crippen molar-refractivity contribution < 1.29 is 0 Å². The number of nitrogens with two attached hydrogens (primary N) is 1. The molecule has 5 heteroatoms. The van der Waals surface area contributed by atoms with E-state index in [2.05, 4.69) is 28.8 Å².